The van der Waals surface area contributed by atoms with Crippen LogP contribution in [0.3, 0.4) is 0 Å². The minimum atomic E-state index is -0.0134. The van der Waals surface area contributed by atoms with Gasteiger partial charge >= 0.3 is 0 Å². The van der Waals surface area contributed by atoms with E-state index in [4.69, 9.17) is 9.47 Å². The monoisotopic (exact) mass is 311 g/mol. The van der Waals surface area contributed by atoms with Crippen LogP contribution in [-0.2, 0) is 11.2 Å². The second-order valence-corrected chi connectivity index (χ2v) is 5.02. The molecule has 2 rings (SSSR count). The largest absolute Gasteiger partial charge is 0.497 e. The lowest BCUT2D eigenvalue weighted by Gasteiger charge is -2.07. The predicted molar refractivity (Wildman–Crippen MR) is 92.1 cm³/mol. The summed E-state index contributed by atoms with van der Waals surface area (Å²) in [6.07, 6.45) is 2.81. The third kappa shape index (κ3) is 5.51. The highest BCUT2D eigenvalue weighted by molar-refractivity contribution is 5.90. The van der Waals surface area contributed by atoms with E-state index in [1.54, 1.807) is 13.2 Å². The number of ether oxygens (including phenoxy) is 2. The van der Waals surface area contributed by atoms with Gasteiger partial charge in [-0.15, -0.1) is 0 Å². The molecular weight excluding hydrogens is 290 g/mol. The van der Waals surface area contributed by atoms with Crippen molar-refractivity contribution in [2.24, 2.45) is 0 Å². The Balaban J connectivity index is 1.80. The van der Waals surface area contributed by atoms with Gasteiger partial charge in [-0.2, -0.15) is 0 Å². The molecule has 0 aliphatic carbocycles. The molecule has 0 aliphatic rings. The van der Waals surface area contributed by atoms with E-state index >= 15 is 0 Å². The summed E-state index contributed by atoms with van der Waals surface area (Å²) in [5.74, 6) is 1.55. The van der Waals surface area contributed by atoms with E-state index in [1.807, 2.05) is 48.5 Å². The summed E-state index contributed by atoms with van der Waals surface area (Å²) < 4.78 is 10.5. The third-order valence-corrected chi connectivity index (χ3v) is 3.31. The zero-order chi connectivity index (χ0) is 16.5. The van der Waals surface area contributed by atoms with Crippen LogP contribution in [0.4, 0.5) is 5.69 Å². The summed E-state index contributed by atoms with van der Waals surface area (Å²) in [6, 6.07) is 15.0. The fourth-order valence-corrected chi connectivity index (χ4v) is 2.06. The van der Waals surface area contributed by atoms with Gasteiger partial charge in [0.15, 0.2) is 0 Å². The minimum absolute atomic E-state index is 0.0134. The fraction of sp³-hybridized carbons (Fsp3) is 0.211. The third-order valence-electron chi connectivity index (χ3n) is 3.31. The molecule has 2 aromatic rings. The number of rotatable bonds is 8. The van der Waals surface area contributed by atoms with Crippen molar-refractivity contribution in [1.29, 1.82) is 0 Å². The Labute approximate surface area is 136 Å². The standard InChI is InChI=1S/C19H21NO3/c1-3-14-23-18-11-7-16(8-12-18)20-19(21)13-6-15-4-9-17(22-2)10-5-15/h3-5,7-12H,1,6,13-14H2,2H3,(H,20,21). The molecule has 0 radical (unpaired) electrons. The Morgan fingerprint density at radius 1 is 1.09 bits per heavy atom. The maximum absolute atomic E-state index is 12.0. The number of anilines is 1. The van der Waals surface area contributed by atoms with Gasteiger partial charge in [0.05, 0.1) is 7.11 Å². The first-order chi connectivity index (χ1) is 11.2. The Morgan fingerprint density at radius 2 is 1.74 bits per heavy atom. The zero-order valence-corrected chi connectivity index (χ0v) is 13.2. The molecule has 0 saturated heterocycles. The molecule has 1 N–H and O–H groups in total. The van der Waals surface area contributed by atoms with Crippen LogP contribution in [-0.4, -0.2) is 19.6 Å². The van der Waals surface area contributed by atoms with Crippen molar-refractivity contribution in [3.8, 4) is 11.5 Å². The number of hydrogen-bond acceptors (Lipinski definition) is 3. The second kappa shape index (κ2) is 8.63. The van der Waals surface area contributed by atoms with Crippen molar-refractivity contribution in [3.05, 3.63) is 66.7 Å². The molecule has 0 fully saturated rings. The Kier molecular flexibility index (Phi) is 6.24. The summed E-state index contributed by atoms with van der Waals surface area (Å²) in [5, 5.41) is 2.88. The quantitative estimate of drug-likeness (QED) is 0.754. The molecule has 0 bridgehead atoms. The van der Waals surface area contributed by atoms with Crippen LogP contribution in [0.25, 0.3) is 0 Å². The first kappa shape index (κ1) is 16.6. The number of benzene rings is 2. The lowest BCUT2D eigenvalue weighted by molar-refractivity contribution is -0.116. The molecule has 0 saturated carbocycles. The van der Waals surface area contributed by atoms with E-state index < -0.39 is 0 Å². The van der Waals surface area contributed by atoms with Crippen LogP contribution in [0.1, 0.15) is 12.0 Å². The van der Waals surface area contributed by atoms with E-state index in [1.165, 1.54) is 0 Å². The lowest BCUT2D eigenvalue weighted by atomic mass is 10.1. The van der Waals surface area contributed by atoms with Gasteiger partial charge in [-0.1, -0.05) is 24.8 Å². The summed E-state index contributed by atoms with van der Waals surface area (Å²) in [4.78, 5) is 12.0. The number of hydrogen-bond donors (Lipinski definition) is 1. The van der Waals surface area contributed by atoms with Gasteiger partial charge in [-0.25, -0.2) is 0 Å². The second-order valence-electron chi connectivity index (χ2n) is 5.02. The van der Waals surface area contributed by atoms with Crippen LogP contribution in [0.15, 0.2) is 61.2 Å². The first-order valence-corrected chi connectivity index (χ1v) is 7.48. The summed E-state index contributed by atoms with van der Waals surface area (Å²) in [6.45, 7) is 4.06. The molecule has 23 heavy (non-hydrogen) atoms. The molecule has 0 atom stereocenters. The van der Waals surface area contributed by atoms with Crippen molar-refractivity contribution >= 4 is 11.6 Å². The average Bonchev–Trinajstić information content (AvgIpc) is 2.60. The van der Waals surface area contributed by atoms with Gasteiger partial charge in [-0.3, -0.25) is 4.79 Å². The average molecular weight is 311 g/mol. The summed E-state index contributed by atoms with van der Waals surface area (Å²) in [7, 11) is 1.64. The minimum Gasteiger partial charge on any atom is -0.497 e. The predicted octanol–water partition coefficient (Wildman–Crippen LogP) is 3.83. The Hall–Kier alpha value is -2.75. The molecule has 0 unspecified atom stereocenters. The van der Waals surface area contributed by atoms with E-state index in [9.17, 15) is 4.79 Å². The number of methoxy groups -OCH3 is 1. The molecular formula is C19H21NO3. The first-order valence-electron chi connectivity index (χ1n) is 7.48. The van der Waals surface area contributed by atoms with Gasteiger partial charge < -0.3 is 14.8 Å². The maximum Gasteiger partial charge on any atom is 0.224 e. The number of carbonyl (C=O) groups is 1. The SMILES string of the molecule is C=CCOc1ccc(NC(=O)CCc2ccc(OC)cc2)cc1. The van der Waals surface area contributed by atoms with E-state index in [-0.39, 0.29) is 5.91 Å². The summed E-state index contributed by atoms with van der Waals surface area (Å²) >= 11 is 0. The van der Waals surface area contributed by atoms with Gasteiger partial charge in [0.1, 0.15) is 18.1 Å². The topological polar surface area (TPSA) is 47.6 Å². The molecule has 0 aliphatic heterocycles. The van der Waals surface area contributed by atoms with Crippen molar-refractivity contribution in [2.45, 2.75) is 12.8 Å². The van der Waals surface area contributed by atoms with E-state index in [0.29, 0.717) is 19.4 Å². The Bertz CT molecular complexity index is 633. The highest BCUT2D eigenvalue weighted by atomic mass is 16.5. The van der Waals surface area contributed by atoms with Gasteiger partial charge in [-0.05, 0) is 48.4 Å². The van der Waals surface area contributed by atoms with E-state index in [0.717, 1.165) is 22.7 Å². The molecule has 0 heterocycles. The van der Waals surface area contributed by atoms with Gasteiger partial charge in [0.2, 0.25) is 5.91 Å². The molecule has 4 nitrogen and oxygen atoms in total. The van der Waals surface area contributed by atoms with Crippen LogP contribution in [0.5, 0.6) is 11.5 Å². The highest BCUT2D eigenvalue weighted by Crippen LogP contribution is 2.16. The van der Waals surface area contributed by atoms with Crippen molar-refractivity contribution in [1.82, 2.24) is 0 Å². The van der Waals surface area contributed by atoms with Crippen LogP contribution in [0.2, 0.25) is 0 Å². The van der Waals surface area contributed by atoms with Crippen LogP contribution >= 0.6 is 0 Å². The molecule has 0 aromatic heterocycles. The molecule has 2 aromatic carbocycles. The molecule has 0 spiro atoms. The van der Waals surface area contributed by atoms with Crippen molar-refractivity contribution in [3.63, 3.8) is 0 Å². The van der Waals surface area contributed by atoms with Crippen LogP contribution in [0, 0.1) is 0 Å². The normalized spacial score (nSPS) is 9.96. The Morgan fingerprint density at radius 3 is 2.35 bits per heavy atom. The van der Waals surface area contributed by atoms with Crippen molar-refractivity contribution in [2.75, 3.05) is 19.0 Å². The zero-order valence-electron chi connectivity index (χ0n) is 13.2. The smallest absolute Gasteiger partial charge is 0.224 e. The number of amides is 1. The van der Waals surface area contributed by atoms with Gasteiger partial charge in [0.25, 0.3) is 0 Å². The van der Waals surface area contributed by atoms with Gasteiger partial charge in [0, 0.05) is 12.1 Å². The number of aryl methyl sites for hydroxylation is 1. The number of carbonyl (C=O) groups excluding carboxylic acids is 1. The number of nitrogens with one attached hydrogen (secondary N) is 1. The molecule has 4 heteroatoms. The fourth-order valence-electron chi connectivity index (χ4n) is 2.06. The van der Waals surface area contributed by atoms with E-state index in [2.05, 4.69) is 11.9 Å². The highest BCUT2D eigenvalue weighted by Gasteiger charge is 2.04. The van der Waals surface area contributed by atoms with Crippen LogP contribution < -0.4 is 14.8 Å². The molecule has 1 amide bonds. The lowest BCUT2D eigenvalue weighted by Crippen LogP contribution is -2.12. The maximum atomic E-state index is 12.0. The van der Waals surface area contributed by atoms with Crippen molar-refractivity contribution < 1.29 is 14.3 Å². The summed E-state index contributed by atoms with van der Waals surface area (Å²) in [5.41, 5.74) is 1.87. The molecule has 120 valence electrons.